The van der Waals surface area contributed by atoms with Gasteiger partial charge in [0.05, 0.1) is 48.7 Å². The van der Waals surface area contributed by atoms with Crippen molar-refractivity contribution < 1.29 is 9.18 Å². The van der Waals surface area contributed by atoms with Crippen molar-refractivity contribution in [1.29, 1.82) is 0 Å². The molecule has 5 aromatic rings. The fourth-order valence-corrected chi connectivity index (χ4v) is 4.06. The minimum Gasteiger partial charge on any atom is -0.345 e. The molecule has 3 heterocycles. The first-order valence-electron chi connectivity index (χ1n) is 10.3. The summed E-state index contributed by atoms with van der Waals surface area (Å²) in [5.74, 6) is -0.603. The van der Waals surface area contributed by atoms with Crippen molar-refractivity contribution in [1.82, 2.24) is 19.4 Å². The summed E-state index contributed by atoms with van der Waals surface area (Å²) >= 11 is 6.05. The van der Waals surface area contributed by atoms with Gasteiger partial charge in [0.2, 0.25) is 5.91 Å². The van der Waals surface area contributed by atoms with E-state index in [0.717, 1.165) is 16.8 Å². The molecule has 8 heteroatoms. The summed E-state index contributed by atoms with van der Waals surface area (Å²) in [6.07, 6.45) is 7.02. The van der Waals surface area contributed by atoms with Crippen LogP contribution in [0.25, 0.3) is 16.8 Å². The van der Waals surface area contributed by atoms with Crippen molar-refractivity contribution in [2.24, 2.45) is 0 Å². The SMILES string of the molecule is O=C(Cc1ncn2ccccc12)N(Cc1cc(F)cc(Cl)c1)c1ccc(-c2cnc[nH]2)cc1. The van der Waals surface area contributed by atoms with Gasteiger partial charge in [-0.3, -0.25) is 4.79 Å². The van der Waals surface area contributed by atoms with Crippen LogP contribution in [0, 0.1) is 5.82 Å². The van der Waals surface area contributed by atoms with E-state index in [-0.39, 0.29) is 23.9 Å². The number of amides is 1. The minimum atomic E-state index is -0.445. The molecule has 0 atom stereocenters. The Bertz CT molecular complexity index is 1390. The molecule has 33 heavy (non-hydrogen) atoms. The molecular weight excluding hydrogens is 441 g/mol. The molecule has 164 valence electrons. The van der Waals surface area contributed by atoms with Crippen molar-refractivity contribution in [2.45, 2.75) is 13.0 Å². The van der Waals surface area contributed by atoms with Gasteiger partial charge >= 0.3 is 0 Å². The van der Waals surface area contributed by atoms with Gasteiger partial charge in [-0.2, -0.15) is 0 Å². The maximum absolute atomic E-state index is 14.0. The zero-order valence-corrected chi connectivity index (χ0v) is 18.2. The molecule has 0 bridgehead atoms. The molecule has 0 saturated heterocycles. The Balaban J connectivity index is 1.48. The standard InChI is InChI=1S/C25H19ClFN5O/c26-19-9-17(10-20(27)11-19)14-32(21-6-4-18(5-7-21)23-13-28-15-29-23)25(33)12-22-24-3-1-2-8-31(24)16-30-22/h1-11,13,15-16H,12,14H2,(H,28,29). The molecule has 0 saturated carbocycles. The number of hydrogen-bond donors (Lipinski definition) is 1. The fourth-order valence-electron chi connectivity index (χ4n) is 3.82. The number of benzene rings is 2. The molecule has 0 spiro atoms. The Labute approximate surface area is 194 Å². The number of carbonyl (C=O) groups is 1. The van der Waals surface area contributed by atoms with Crippen LogP contribution in [-0.2, 0) is 17.8 Å². The monoisotopic (exact) mass is 459 g/mol. The Morgan fingerprint density at radius 3 is 2.73 bits per heavy atom. The summed E-state index contributed by atoms with van der Waals surface area (Å²) in [7, 11) is 0. The summed E-state index contributed by atoms with van der Waals surface area (Å²) in [4.78, 5) is 26.6. The number of nitrogens with one attached hydrogen (secondary N) is 1. The Morgan fingerprint density at radius 1 is 1.12 bits per heavy atom. The number of aromatic nitrogens is 4. The van der Waals surface area contributed by atoms with Crippen LogP contribution in [0.4, 0.5) is 10.1 Å². The lowest BCUT2D eigenvalue weighted by molar-refractivity contribution is -0.118. The molecule has 0 aliphatic carbocycles. The first-order chi connectivity index (χ1) is 16.1. The maximum Gasteiger partial charge on any atom is 0.233 e. The maximum atomic E-state index is 14.0. The van der Waals surface area contributed by atoms with E-state index < -0.39 is 5.82 Å². The third-order valence-electron chi connectivity index (χ3n) is 5.39. The van der Waals surface area contributed by atoms with Gasteiger partial charge in [-0.15, -0.1) is 0 Å². The summed E-state index contributed by atoms with van der Waals surface area (Å²) in [6, 6.07) is 17.6. The van der Waals surface area contributed by atoms with E-state index in [1.165, 1.54) is 12.1 Å². The Hall–Kier alpha value is -3.97. The van der Waals surface area contributed by atoms with Crippen molar-refractivity contribution in [3.8, 4) is 11.3 Å². The topological polar surface area (TPSA) is 66.3 Å². The molecule has 0 radical (unpaired) electrons. The minimum absolute atomic E-state index is 0.103. The zero-order valence-electron chi connectivity index (χ0n) is 17.5. The molecule has 5 rings (SSSR count). The summed E-state index contributed by atoms with van der Waals surface area (Å²) in [5, 5.41) is 0.284. The lowest BCUT2D eigenvalue weighted by atomic mass is 10.1. The highest BCUT2D eigenvalue weighted by molar-refractivity contribution is 6.30. The zero-order chi connectivity index (χ0) is 22.8. The average Bonchev–Trinajstić information content (AvgIpc) is 3.48. The molecule has 3 aromatic heterocycles. The Morgan fingerprint density at radius 2 is 1.97 bits per heavy atom. The van der Waals surface area contributed by atoms with E-state index in [1.807, 2.05) is 53.1 Å². The second-order valence-electron chi connectivity index (χ2n) is 7.63. The van der Waals surface area contributed by atoms with Crippen LogP contribution in [0.5, 0.6) is 0 Å². The number of aromatic amines is 1. The van der Waals surface area contributed by atoms with Crippen LogP contribution in [0.2, 0.25) is 5.02 Å². The second-order valence-corrected chi connectivity index (χ2v) is 8.07. The van der Waals surface area contributed by atoms with Gasteiger partial charge in [0.25, 0.3) is 0 Å². The highest BCUT2D eigenvalue weighted by Crippen LogP contribution is 2.25. The van der Waals surface area contributed by atoms with Crippen molar-refractivity contribution in [3.63, 3.8) is 0 Å². The fraction of sp³-hybridized carbons (Fsp3) is 0.0800. The van der Waals surface area contributed by atoms with Crippen LogP contribution in [-0.4, -0.2) is 25.3 Å². The summed E-state index contributed by atoms with van der Waals surface area (Å²) < 4.78 is 15.8. The number of imidazole rings is 2. The lowest BCUT2D eigenvalue weighted by Gasteiger charge is -2.23. The van der Waals surface area contributed by atoms with Gasteiger partial charge in [-0.1, -0.05) is 29.8 Å². The number of H-pyrrole nitrogens is 1. The van der Waals surface area contributed by atoms with Crippen LogP contribution in [0.1, 0.15) is 11.3 Å². The number of fused-ring (bicyclic) bond motifs is 1. The summed E-state index contributed by atoms with van der Waals surface area (Å²) in [6.45, 7) is 0.172. The molecule has 2 aromatic carbocycles. The molecule has 1 amide bonds. The van der Waals surface area contributed by atoms with Crippen LogP contribution < -0.4 is 4.90 Å². The normalized spacial score (nSPS) is 11.1. The molecular formula is C25H19ClFN5O. The van der Waals surface area contributed by atoms with E-state index in [0.29, 0.717) is 16.9 Å². The van der Waals surface area contributed by atoms with Crippen LogP contribution >= 0.6 is 11.6 Å². The van der Waals surface area contributed by atoms with Gasteiger partial charge < -0.3 is 14.3 Å². The third kappa shape index (κ3) is 4.49. The van der Waals surface area contributed by atoms with E-state index in [1.54, 1.807) is 29.8 Å². The molecule has 1 N–H and O–H groups in total. The first-order valence-corrected chi connectivity index (χ1v) is 10.7. The molecule has 0 aliphatic heterocycles. The highest BCUT2D eigenvalue weighted by atomic mass is 35.5. The van der Waals surface area contributed by atoms with Crippen molar-refractivity contribution in [3.05, 3.63) is 108 Å². The molecule has 0 aliphatic rings. The van der Waals surface area contributed by atoms with Crippen LogP contribution in [0.3, 0.4) is 0 Å². The lowest BCUT2D eigenvalue weighted by Crippen LogP contribution is -2.32. The van der Waals surface area contributed by atoms with E-state index in [2.05, 4.69) is 15.0 Å². The molecule has 0 fully saturated rings. The van der Waals surface area contributed by atoms with E-state index in [9.17, 15) is 9.18 Å². The number of nitrogens with zero attached hydrogens (tertiary/aromatic N) is 4. The number of halogens is 2. The van der Waals surface area contributed by atoms with Gasteiger partial charge in [0.15, 0.2) is 0 Å². The second kappa shape index (κ2) is 8.88. The van der Waals surface area contributed by atoms with Gasteiger partial charge in [-0.25, -0.2) is 14.4 Å². The quantitative estimate of drug-likeness (QED) is 0.375. The first kappa shape index (κ1) is 20.9. The summed E-state index contributed by atoms with van der Waals surface area (Å²) in [5.41, 5.74) is 4.65. The number of pyridine rings is 1. The van der Waals surface area contributed by atoms with Crippen molar-refractivity contribution >= 4 is 28.7 Å². The number of carbonyl (C=O) groups excluding carboxylic acids is 1. The van der Waals surface area contributed by atoms with Crippen LogP contribution in [0.15, 0.2) is 85.7 Å². The van der Waals surface area contributed by atoms with Crippen molar-refractivity contribution in [2.75, 3.05) is 4.90 Å². The average molecular weight is 460 g/mol. The smallest absolute Gasteiger partial charge is 0.233 e. The van der Waals surface area contributed by atoms with E-state index >= 15 is 0 Å². The number of rotatable bonds is 6. The predicted molar refractivity (Wildman–Crippen MR) is 126 cm³/mol. The number of anilines is 1. The third-order valence-corrected chi connectivity index (χ3v) is 5.61. The van der Waals surface area contributed by atoms with Gasteiger partial charge in [-0.05, 0) is 53.6 Å². The molecule has 6 nitrogen and oxygen atoms in total. The van der Waals surface area contributed by atoms with Gasteiger partial charge in [0, 0.05) is 16.9 Å². The largest absolute Gasteiger partial charge is 0.345 e. The Kier molecular flexibility index (Phi) is 5.62. The number of hydrogen-bond acceptors (Lipinski definition) is 3. The van der Waals surface area contributed by atoms with E-state index in [4.69, 9.17) is 11.6 Å². The predicted octanol–water partition coefficient (Wildman–Crippen LogP) is 5.29. The molecule has 0 unspecified atom stereocenters. The highest BCUT2D eigenvalue weighted by Gasteiger charge is 2.20. The van der Waals surface area contributed by atoms with Gasteiger partial charge in [0.1, 0.15) is 5.82 Å².